The molecule has 6 rings (SSSR count). The fraction of sp³-hybridized carbons (Fsp3) is 0. The van der Waals surface area contributed by atoms with Crippen molar-refractivity contribution in [2.24, 2.45) is 0 Å². The summed E-state index contributed by atoms with van der Waals surface area (Å²) in [6, 6.07) is 51.7. The Kier molecular flexibility index (Phi) is 7.95. The molecule has 0 aliphatic carbocycles. The third-order valence-corrected chi connectivity index (χ3v) is 8.22. The molecule has 0 fully saturated rings. The van der Waals surface area contributed by atoms with Gasteiger partial charge in [0.1, 0.15) is 11.6 Å². The average molecular weight is 575 g/mol. The molecule has 1 N–H and O–H groups in total. The Balaban J connectivity index is 1.34. The second-order valence-corrected chi connectivity index (χ2v) is 11.0. The van der Waals surface area contributed by atoms with Gasteiger partial charge in [0.15, 0.2) is 0 Å². The summed E-state index contributed by atoms with van der Waals surface area (Å²) in [5.74, 6) is -1.23. The molecule has 43 heavy (non-hydrogen) atoms. The molecule has 0 bridgehead atoms. The molecule has 0 radical (unpaired) electrons. The molecule has 0 atom stereocenters. The maximum atomic E-state index is 11.2. The Labute approximate surface area is 254 Å². The number of hydrogen-bond donors (Lipinski definition) is 1. The second kappa shape index (κ2) is 12.4. The molecule has 5 aromatic carbocycles. The summed E-state index contributed by atoms with van der Waals surface area (Å²) in [6.45, 7) is 0. The number of aliphatic carboxylic acids is 1. The van der Waals surface area contributed by atoms with Gasteiger partial charge in [0.2, 0.25) is 0 Å². The zero-order valence-electron chi connectivity index (χ0n) is 23.1. The molecule has 0 spiro atoms. The van der Waals surface area contributed by atoms with Crippen LogP contribution in [0.15, 0.2) is 151 Å². The smallest absolute Gasteiger partial charge is 0.346 e. The van der Waals surface area contributed by atoms with E-state index in [0.29, 0.717) is 0 Å². The van der Waals surface area contributed by atoms with Crippen LogP contribution in [0.4, 0.5) is 17.1 Å². The summed E-state index contributed by atoms with van der Waals surface area (Å²) in [6.07, 6.45) is 1.41. The molecule has 206 valence electrons. The van der Waals surface area contributed by atoms with Crippen LogP contribution in [0, 0.1) is 11.3 Å². The van der Waals surface area contributed by atoms with Crippen LogP contribution in [0.5, 0.6) is 0 Å². The predicted octanol–water partition coefficient (Wildman–Crippen LogP) is 10.2. The summed E-state index contributed by atoms with van der Waals surface area (Å²) in [5, 5.41) is 18.3. The topological polar surface area (TPSA) is 64.3 Å². The third kappa shape index (κ3) is 6.15. The first kappa shape index (κ1) is 27.5. The van der Waals surface area contributed by atoms with Crippen molar-refractivity contribution in [1.29, 1.82) is 5.26 Å². The Morgan fingerprint density at radius 3 is 1.42 bits per heavy atom. The van der Waals surface area contributed by atoms with Gasteiger partial charge >= 0.3 is 5.97 Å². The van der Waals surface area contributed by atoms with Crippen LogP contribution in [0.25, 0.3) is 38.8 Å². The van der Waals surface area contributed by atoms with Crippen LogP contribution in [-0.2, 0) is 4.79 Å². The number of anilines is 3. The van der Waals surface area contributed by atoms with E-state index in [2.05, 4.69) is 102 Å². The van der Waals surface area contributed by atoms with Crippen molar-refractivity contribution in [3.63, 3.8) is 0 Å². The molecule has 6 aromatic rings. The monoisotopic (exact) mass is 574 g/mol. The second-order valence-electron chi connectivity index (χ2n) is 9.89. The highest BCUT2D eigenvalue weighted by atomic mass is 32.1. The fourth-order valence-electron chi connectivity index (χ4n) is 4.96. The highest BCUT2D eigenvalue weighted by Gasteiger charge is 2.14. The first-order chi connectivity index (χ1) is 21.1. The SMILES string of the molecule is N#C/C(=C\c1ccc(-c2ccc(N(c3ccc(-c4ccccc4)cc3)c3ccc(-c4ccccc4)cc3)cc2)s1)C(=O)O. The van der Waals surface area contributed by atoms with Gasteiger partial charge in [-0.15, -0.1) is 11.3 Å². The zero-order valence-corrected chi connectivity index (χ0v) is 23.9. The van der Waals surface area contributed by atoms with Crippen molar-refractivity contribution in [2.75, 3.05) is 4.90 Å². The number of benzene rings is 5. The summed E-state index contributed by atoms with van der Waals surface area (Å²) in [4.78, 5) is 15.2. The van der Waals surface area contributed by atoms with Crippen molar-refractivity contribution in [3.8, 4) is 38.8 Å². The lowest BCUT2D eigenvalue weighted by Gasteiger charge is -2.26. The van der Waals surface area contributed by atoms with E-state index in [0.717, 1.165) is 43.5 Å². The van der Waals surface area contributed by atoms with E-state index in [9.17, 15) is 9.90 Å². The van der Waals surface area contributed by atoms with E-state index in [4.69, 9.17) is 5.26 Å². The van der Waals surface area contributed by atoms with Crippen LogP contribution in [0.2, 0.25) is 0 Å². The normalized spacial score (nSPS) is 11.1. The van der Waals surface area contributed by atoms with Crippen LogP contribution in [0.3, 0.4) is 0 Å². The van der Waals surface area contributed by atoms with Crippen molar-refractivity contribution in [3.05, 3.63) is 156 Å². The van der Waals surface area contributed by atoms with Gasteiger partial charge in [-0.05, 0) is 82.4 Å². The molecule has 0 saturated heterocycles. The first-order valence-electron chi connectivity index (χ1n) is 13.8. The van der Waals surface area contributed by atoms with Gasteiger partial charge in [-0.25, -0.2) is 4.79 Å². The molecule has 0 amide bonds. The lowest BCUT2D eigenvalue weighted by Crippen LogP contribution is -2.09. The minimum Gasteiger partial charge on any atom is -0.477 e. The number of nitrogens with zero attached hydrogens (tertiary/aromatic N) is 2. The lowest BCUT2D eigenvalue weighted by molar-refractivity contribution is -0.132. The molecule has 1 aromatic heterocycles. The Hall–Kier alpha value is -5.70. The fourth-order valence-corrected chi connectivity index (χ4v) is 5.92. The van der Waals surface area contributed by atoms with Crippen molar-refractivity contribution in [1.82, 2.24) is 0 Å². The van der Waals surface area contributed by atoms with Gasteiger partial charge < -0.3 is 10.0 Å². The molecule has 5 heteroatoms. The van der Waals surface area contributed by atoms with E-state index >= 15 is 0 Å². The molecule has 0 aliphatic rings. The van der Waals surface area contributed by atoms with Crippen LogP contribution >= 0.6 is 11.3 Å². The van der Waals surface area contributed by atoms with Gasteiger partial charge in [-0.1, -0.05) is 97.1 Å². The van der Waals surface area contributed by atoms with E-state index in [1.807, 2.05) is 48.5 Å². The van der Waals surface area contributed by atoms with Gasteiger partial charge in [-0.3, -0.25) is 0 Å². The maximum absolute atomic E-state index is 11.2. The molecular formula is C38H26N2O2S. The third-order valence-electron chi connectivity index (χ3n) is 7.14. The minimum absolute atomic E-state index is 0.282. The molecule has 1 heterocycles. The molecule has 0 saturated carbocycles. The van der Waals surface area contributed by atoms with Crippen molar-refractivity contribution in [2.45, 2.75) is 0 Å². The Morgan fingerprint density at radius 2 is 1.00 bits per heavy atom. The molecule has 4 nitrogen and oxygen atoms in total. The van der Waals surface area contributed by atoms with Crippen LogP contribution in [-0.4, -0.2) is 11.1 Å². The van der Waals surface area contributed by atoms with Gasteiger partial charge in [0.25, 0.3) is 0 Å². The summed E-state index contributed by atoms with van der Waals surface area (Å²) in [5.41, 5.74) is 8.49. The standard InChI is InChI=1S/C38H26N2O2S/c39-26-32(38(41)42)25-36-23-24-37(43-36)31-15-21-35(22-16-31)40(33-17-11-29(12-18-33)27-7-3-1-4-8-27)34-19-13-30(14-20-34)28-9-5-2-6-10-28/h1-25H,(H,41,42)/b32-25+. The number of rotatable bonds is 8. The van der Waals surface area contributed by atoms with E-state index in [-0.39, 0.29) is 5.57 Å². The molecule has 0 aliphatic heterocycles. The number of nitriles is 1. The highest BCUT2D eigenvalue weighted by Crippen LogP contribution is 2.38. The quantitative estimate of drug-likeness (QED) is 0.145. The van der Waals surface area contributed by atoms with Gasteiger partial charge in [-0.2, -0.15) is 5.26 Å². The van der Waals surface area contributed by atoms with E-state index in [1.165, 1.54) is 28.5 Å². The molecule has 0 unspecified atom stereocenters. The van der Waals surface area contributed by atoms with Crippen molar-refractivity contribution < 1.29 is 9.90 Å². The summed E-state index contributed by atoms with van der Waals surface area (Å²) >= 11 is 1.45. The Bertz CT molecular complexity index is 1840. The summed E-state index contributed by atoms with van der Waals surface area (Å²) < 4.78 is 0. The average Bonchev–Trinajstić information content (AvgIpc) is 3.54. The van der Waals surface area contributed by atoms with Crippen LogP contribution in [0.1, 0.15) is 4.88 Å². The highest BCUT2D eigenvalue weighted by molar-refractivity contribution is 7.16. The van der Waals surface area contributed by atoms with Gasteiger partial charge in [0, 0.05) is 26.8 Å². The molecular weight excluding hydrogens is 548 g/mol. The number of carboxylic acid groups (broad SMARTS) is 1. The number of thiophene rings is 1. The predicted molar refractivity (Wildman–Crippen MR) is 177 cm³/mol. The lowest BCUT2D eigenvalue weighted by atomic mass is 10.0. The van der Waals surface area contributed by atoms with Crippen molar-refractivity contribution >= 4 is 40.4 Å². The minimum atomic E-state index is -1.23. The zero-order chi connectivity index (χ0) is 29.6. The van der Waals surface area contributed by atoms with E-state index < -0.39 is 5.97 Å². The maximum Gasteiger partial charge on any atom is 0.346 e. The number of hydrogen-bond acceptors (Lipinski definition) is 4. The van der Waals surface area contributed by atoms with Gasteiger partial charge in [0.05, 0.1) is 0 Å². The Morgan fingerprint density at radius 1 is 0.581 bits per heavy atom. The van der Waals surface area contributed by atoms with E-state index in [1.54, 1.807) is 6.07 Å². The number of carboxylic acids is 1. The first-order valence-corrected chi connectivity index (χ1v) is 14.6. The summed E-state index contributed by atoms with van der Waals surface area (Å²) in [7, 11) is 0. The number of carbonyl (C=O) groups is 1. The largest absolute Gasteiger partial charge is 0.477 e. The van der Waals surface area contributed by atoms with Crippen LogP contribution < -0.4 is 4.90 Å².